The Bertz CT molecular complexity index is 962. The number of rotatable bonds is 9. The van der Waals surface area contributed by atoms with Crippen LogP contribution in [-0.2, 0) is 17.9 Å². The first-order valence-electron chi connectivity index (χ1n) is 10.5. The number of carbonyl (C=O) groups excluding carboxylic acids is 1. The van der Waals surface area contributed by atoms with Crippen LogP contribution in [0.25, 0.3) is 10.8 Å². The first-order chi connectivity index (χ1) is 14.3. The molecule has 1 amide bonds. The molecule has 1 saturated heterocycles. The molecule has 4 rings (SSSR count). The van der Waals surface area contributed by atoms with Gasteiger partial charge in [-0.3, -0.25) is 4.79 Å². The number of benzene rings is 3. The van der Waals surface area contributed by atoms with Crippen molar-refractivity contribution >= 4 is 29.1 Å². The zero-order valence-electron chi connectivity index (χ0n) is 17.2. The van der Waals surface area contributed by atoms with Crippen molar-refractivity contribution in [3.8, 4) is 5.75 Å². The van der Waals surface area contributed by atoms with Gasteiger partial charge in [-0.15, -0.1) is 12.4 Å². The van der Waals surface area contributed by atoms with Crippen LogP contribution in [-0.4, -0.2) is 30.4 Å². The molecule has 3 aromatic carbocycles. The van der Waals surface area contributed by atoms with E-state index in [4.69, 9.17) is 4.74 Å². The normalized spacial score (nSPS) is 13.5. The maximum atomic E-state index is 11.7. The molecule has 0 saturated carbocycles. The number of hydrogen-bond acceptors (Lipinski definition) is 3. The highest BCUT2D eigenvalue weighted by Gasteiger charge is 2.19. The Labute approximate surface area is 184 Å². The summed E-state index contributed by atoms with van der Waals surface area (Å²) < 4.78 is 6.19. The summed E-state index contributed by atoms with van der Waals surface area (Å²) in [6.07, 6.45) is 2.69. The number of hydrogen-bond donors (Lipinski definition) is 1. The zero-order valence-corrected chi connectivity index (χ0v) is 18.0. The Hall–Kier alpha value is -2.56. The molecule has 30 heavy (non-hydrogen) atoms. The number of halogens is 1. The summed E-state index contributed by atoms with van der Waals surface area (Å²) in [6.45, 7) is 3.95. The van der Waals surface area contributed by atoms with Gasteiger partial charge in [-0.1, -0.05) is 60.7 Å². The van der Waals surface area contributed by atoms with E-state index in [9.17, 15) is 4.79 Å². The molecule has 158 valence electrons. The lowest BCUT2D eigenvalue weighted by molar-refractivity contribution is -0.127. The van der Waals surface area contributed by atoms with Gasteiger partial charge in [-0.2, -0.15) is 0 Å². The van der Waals surface area contributed by atoms with Gasteiger partial charge in [0.05, 0.1) is 0 Å². The van der Waals surface area contributed by atoms with Gasteiger partial charge >= 0.3 is 0 Å². The predicted octanol–water partition coefficient (Wildman–Crippen LogP) is 4.94. The Balaban J connectivity index is 0.00000256. The van der Waals surface area contributed by atoms with Crippen molar-refractivity contribution in [1.82, 2.24) is 10.2 Å². The van der Waals surface area contributed by atoms with Gasteiger partial charge in [-0.05, 0) is 41.8 Å². The minimum Gasteiger partial charge on any atom is -0.489 e. The summed E-state index contributed by atoms with van der Waals surface area (Å²) >= 11 is 0. The Morgan fingerprint density at radius 2 is 1.77 bits per heavy atom. The molecular weight excluding hydrogens is 396 g/mol. The van der Waals surface area contributed by atoms with E-state index in [0.29, 0.717) is 18.9 Å². The molecule has 1 aliphatic rings. The van der Waals surface area contributed by atoms with Crippen LogP contribution in [0.15, 0.2) is 66.7 Å². The van der Waals surface area contributed by atoms with Crippen LogP contribution in [0.2, 0.25) is 0 Å². The number of nitrogens with one attached hydrogen (secondary N) is 1. The fourth-order valence-electron chi connectivity index (χ4n) is 3.92. The number of carbonyl (C=O) groups is 1. The molecule has 4 nitrogen and oxygen atoms in total. The third-order valence-electron chi connectivity index (χ3n) is 5.49. The monoisotopic (exact) mass is 424 g/mol. The quantitative estimate of drug-likeness (QED) is 0.494. The van der Waals surface area contributed by atoms with E-state index in [1.807, 2.05) is 23.1 Å². The molecule has 5 heteroatoms. The van der Waals surface area contributed by atoms with Crippen molar-refractivity contribution in [1.29, 1.82) is 0 Å². The van der Waals surface area contributed by atoms with E-state index in [2.05, 4.69) is 53.8 Å². The van der Waals surface area contributed by atoms with E-state index in [-0.39, 0.29) is 12.4 Å². The van der Waals surface area contributed by atoms with Crippen LogP contribution in [0.5, 0.6) is 5.75 Å². The van der Waals surface area contributed by atoms with E-state index in [1.54, 1.807) is 0 Å². The third kappa shape index (κ3) is 5.53. The van der Waals surface area contributed by atoms with Gasteiger partial charge in [0.25, 0.3) is 0 Å². The molecular formula is C25H29ClN2O2. The highest BCUT2D eigenvalue weighted by Crippen LogP contribution is 2.28. The lowest BCUT2D eigenvalue weighted by Crippen LogP contribution is -2.28. The SMILES string of the molecule is Cl.O=C1CCCN1CCCNCc1c(OCc2ccccc2)ccc2ccccc12. The average molecular weight is 425 g/mol. The molecule has 1 N–H and O–H groups in total. The zero-order chi connectivity index (χ0) is 19.9. The van der Waals surface area contributed by atoms with Gasteiger partial charge in [0, 0.05) is 31.6 Å². The van der Waals surface area contributed by atoms with Crippen LogP contribution in [0.1, 0.15) is 30.4 Å². The lowest BCUT2D eigenvalue weighted by atomic mass is 10.0. The molecule has 1 aliphatic heterocycles. The lowest BCUT2D eigenvalue weighted by Gasteiger charge is -2.17. The summed E-state index contributed by atoms with van der Waals surface area (Å²) in [4.78, 5) is 13.7. The molecule has 3 aromatic rings. The summed E-state index contributed by atoms with van der Waals surface area (Å²) in [5.41, 5.74) is 2.35. The Kier molecular flexibility index (Phi) is 8.12. The van der Waals surface area contributed by atoms with E-state index >= 15 is 0 Å². The van der Waals surface area contributed by atoms with E-state index < -0.39 is 0 Å². The van der Waals surface area contributed by atoms with E-state index in [1.165, 1.54) is 16.3 Å². The van der Waals surface area contributed by atoms with Crippen molar-refractivity contribution in [2.24, 2.45) is 0 Å². The highest BCUT2D eigenvalue weighted by molar-refractivity contribution is 5.87. The first-order valence-corrected chi connectivity index (χ1v) is 10.5. The second-order valence-electron chi connectivity index (χ2n) is 7.55. The molecule has 1 heterocycles. The second-order valence-corrected chi connectivity index (χ2v) is 7.55. The standard InChI is InChI=1S/C25H28N2O2.ClH/c28-25-12-6-16-27(25)17-7-15-26-18-23-22-11-5-4-10-21(22)13-14-24(23)29-19-20-8-2-1-3-9-20;/h1-5,8-11,13-14,26H,6-7,12,15-19H2;1H. The summed E-state index contributed by atoms with van der Waals surface area (Å²) in [6, 6.07) is 22.9. The summed E-state index contributed by atoms with van der Waals surface area (Å²) in [7, 11) is 0. The first kappa shape index (κ1) is 22.1. The van der Waals surface area contributed by atoms with Crippen LogP contribution < -0.4 is 10.1 Å². The van der Waals surface area contributed by atoms with Crippen molar-refractivity contribution in [3.05, 3.63) is 77.9 Å². The van der Waals surface area contributed by atoms with Gasteiger partial charge < -0.3 is 15.0 Å². The number of likely N-dealkylation sites (tertiary alicyclic amines) is 1. The molecule has 0 atom stereocenters. The Morgan fingerprint density at radius 3 is 2.57 bits per heavy atom. The third-order valence-corrected chi connectivity index (χ3v) is 5.49. The van der Waals surface area contributed by atoms with Crippen molar-refractivity contribution < 1.29 is 9.53 Å². The number of amides is 1. The predicted molar refractivity (Wildman–Crippen MR) is 124 cm³/mol. The van der Waals surface area contributed by atoms with Crippen LogP contribution in [0.3, 0.4) is 0 Å². The smallest absolute Gasteiger partial charge is 0.222 e. The van der Waals surface area contributed by atoms with Crippen LogP contribution in [0, 0.1) is 0 Å². The fourth-order valence-corrected chi connectivity index (χ4v) is 3.92. The van der Waals surface area contributed by atoms with Gasteiger partial charge in [0.15, 0.2) is 0 Å². The molecule has 0 unspecified atom stereocenters. The Morgan fingerprint density at radius 1 is 0.967 bits per heavy atom. The molecule has 0 aromatic heterocycles. The topological polar surface area (TPSA) is 41.6 Å². The van der Waals surface area contributed by atoms with Crippen LogP contribution in [0.4, 0.5) is 0 Å². The summed E-state index contributed by atoms with van der Waals surface area (Å²) in [5.74, 6) is 1.23. The fraction of sp³-hybridized carbons (Fsp3) is 0.320. The number of nitrogens with zero attached hydrogens (tertiary/aromatic N) is 1. The largest absolute Gasteiger partial charge is 0.489 e. The minimum absolute atomic E-state index is 0. The highest BCUT2D eigenvalue weighted by atomic mass is 35.5. The number of fused-ring (bicyclic) bond motifs is 1. The molecule has 0 spiro atoms. The summed E-state index contributed by atoms with van der Waals surface area (Å²) in [5, 5.41) is 6.00. The van der Waals surface area contributed by atoms with Gasteiger partial charge in [0.2, 0.25) is 5.91 Å². The maximum Gasteiger partial charge on any atom is 0.222 e. The van der Waals surface area contributed by atoms with Gasteiger partial charge in [0.1, 0.15) is 12.4 Å². The maximum absolute atomic E-state index is 11.7. The second kappa shape index (κ2) is 11.0. The molecule has 1 fully saturated rings. The van der Waals surface area contributed by atoms with Crippen molar-refractivity contribution in [2.45, 2.75) is 32.4 Å². The number of ether oxygens (including phenoxy) is 1. The molecule has 0 aliphatic carbocycles. The minimum atomic E-state index is 0. The van der Waals surface area contributed by atoms with Crippen LogP contribution >= 0.6 is 12.4 Å². The van der Waals surface area contributed by atoms with Gasteiger partial charge in [-0.25, -0.2) is 0 Å². The van der Waals surface area contributed by atoms with Crippen molar-refractivity contribution in [2.75, 3.05) is 19.6 Å². The average Bonchev–Trinajstić information content (AvgIpc) is 3.18. The van der Waals surface area contributed by atoms with Crippen molar-refractivity contribution in [3.63, 3.8) is 0 Å². The van der Waals surface area contributed by atoms with E-state index in [0.717, 1.165) is 50.3 Å². The molecule has 0 radical (unpaired) electrons. The molecule has 0 bridgehead atoms.